The summed E-state index contributed by atoms with van der Waals surface area (Å²) in [7, 11) is 1.70. The lowest BCUT2D eigenvalue weighted by Gasteiger charge is -2.18. The van der Waals surface area contributed by atoms with Crippen molar-refractivity contribution >= 4 is 5.96 Å². The molecule has 0 amide bonds. The van der Waals surface area contributed by atoms with Gasteiger partial charge in [0.2, 0.25) is 0 Å². The Kier molecular flexibility index (Phi) is 7.19. The summed E-state index contributed by atoms with van der Waals surface area (Å²) < 4.78 is 11.0. The highest BCUT2D eigenvalue weighted by atomic mass is 16.5. The van der Waals surface area contributed by atoms with E-state index in [-0.39, 0.29) is 6.10 Å². The lowest BCUT2D eigenvalue weighted by atomic mass is 9.95. The number of benzene rings is 1. The molecule has 5 nitrogen and oxygen atoms in total. The molecule has 0 saturated carbocycles. The number of rotatable bonds is 7. The highest BCUT2D eigenvalue weighted by molar-refractivity contribution is 5.79. The molecule has 0 spiro atoms. The Bertz CT molecular complexity index is 450. The molecule has 1 saturated heterocycles. The van der Waals surface area contributed by atoms with E-state index in [2.05, 4.69) is 41.8 Å². The predicted octanol–water partition coefficient (Wildman–Crippen LogP) is 1.97. The van der Waals surface area contributed by atoms with Crippen LogP contribution in [0.5, 0.6) is 0 Å². The van der Waals surface area contributed by atoms with E-state index in [0.717, 1.165) is 38.6 Å². The van der Waals surface area contributed by atoms with Gasteiger partial charge >= 0.3 is 0 Å². The lowest BCUT2D eigenvalue weighted by molar-refractivity contribution is 0.0925. The first-order chi connectivity index (χ1) is 10.8. The second-order valence-electron chi connectivity index (χ2n) is 5.39. The van der Waals surface area contributed by atoms with Gasteiger partial charge in [-0.05, 0) is 18.9 Å². The van der Waals surface area contributed by atoms with Gasteiger partial charge in [0.05, 0.1) is 12.7 Å². The highest BCUT2D eigenvalue weighted by Gasteiger charge is 2.29. The van der Waals surface area contributed by atoms with Crippen molar-refractivity contribution in [3.05, 3.63) is 35.9 Å². The first-order valence-electron chi connectivity index (χ1n) is 8.02. The van der Waals surface area contributed by atoms with Gasteiger partial charge < -0.3 is 20.1 Å². The standard InChI is InChI=1S/C17H27N3O2/c1-3-18-17(19-10-12-21-2)20-13-15-9-11-22-16(15)14-7-5-4-6-8-14/h4-8,15-16H,3,9-13H2,1-2H3,(H2,18,19,20). The third kappa shape index (κ3) is 5.00. The Morgan fingerprint density at radius 1 is 1.32 bits per heavy atom. The molecule has 5 heteroatoms. The first-order valence-corrected chi connectivity index (χ1v) is 8.02. The van der Waals surface area contributed by atoms with Crippen LogP contribution in [-0.4, -0.2) is 45.9 Å². The summed E-state index contributed by atoms with van der Waals surface area (Å²) in [4.78, 5) is 4.70. The van der Waals surface area contributed by atoms with E-state index in [9.17, 15) is 0 Å². The van der Waals surface area contributed by atoms with Gasteiger partial charge in [-0.1, -0.05) is 30.3 Å². The molecule has 1 aliphatic rings. The molecule has 1 fully saturated rings. The molecule has 122 valence electrons. The van der Waals surface area contributed by atoms with Gasteiger partial charge in [0.25, 0.3) is 0 Å². The summed E-state index contributed by atoms with van der Waals surface area (Å²) in [6, 6.07) is 10.4. The van der Waals surface area contributed by atoms with E-state index in [0.29, 0.717) is 12.5 Å². The van der Waals surface area contributed by atoms with E-state index in [1.54, 1.807) is 7.11 Å². The topological polar surface area (TPSA) is 54.9 Å². The van der Waals surface area contributed by atoms with Crippen molar-refractivity contribution in [3.63, 3.8) is 0 Å². The minimum Gasteiger partial charge on any atom is -0.383 e. The van der Waals surface area contributed by atoms with Crippen molar-refractivity contribution in [2.75, 3.05) is 40.0 Å². The first kappa shape index (κ1) is 16.8. The molecule has 0 bridgehead atoms. The molecule has 1 aromatic carbocycles. The predicted molar refractivity (Wildman–Crippen MR) is 89.1 cm³/mol. The van der Waals surface area contributed by atoms with Crippen molar-refractivity contribution in [1.82, 2.24) is 10.6 Å². The zero-order chi connectivity index (χ0) is 15.6. The zero-order valence-corrected chi connectivity index (χ0v) is 13.5. The van der Waals surface area contributed by atoms with Crippen LogP contribution in [0.4, 0.5) is 0 Å². The average Bonchev–Trinajstić information content (AvgIpc) is 3.02. The summed E-state index contributed by atoms with van der Waals surface area (Å²) in [5.41, 5.74) is 1.25. The molecule has 1 aliphatic heterocycles. The van der Waals surface area contributed by atoms with Gasteiger partial charge in [-0.15, -0.1) is 0 Å². The molecule has 1 heterocycles. The van der Waals surface area contributed by atoms with Crippen LogP contribution in [0, 0.1) is 5.92 Å². The van der Waals surface area contributed by atoms with Crippen LogP contribution in [0.25, 0.3) is 0 Å². The Balaban J connectivity index is 1.93. The van der Waals surface area contributed by atoms with E-state index >= 15 is 0 Å². The SMILES string of the molecule is CCNC(=NCC1CCOC1c1ccccc1)NCCOC. The summed E-state index contributed by atoms with van der Waals surface area (Å²) in [6.07, 6.45) is 1.22. The van der Waals surface area contributed by atoms with E-state index < -0.39 is 0 Å². The molecule has 2 unspecified atom stereocenters. The van der Waals surface area contributed by atoms with Crippen molar-refractivity contribution < 1.29 is 9.47 Å². The Labute approximate surface area is 133 Å². The molecular weight excluding hydrogens is 278 g/mol. The van der Waals surface area contributed by atoms with E-state index in [4.69, 9.17) is 14.5 Å². The maximum atomic E-state index is 5.91. The van der Waals surface area contributed by atoms with Crippen molar-refractivity contribution in [3.8, 4) is 0 Å². The number of nitrogens with one attached hydrogen (secondary N) is 2. The number of nitrogens with zero attached hydrogens (tertiary/aromatic N) is 1. The molecule has 2 N–H and O–H groups in total. The quantitative estimate of drug-likeness (QED) is 0.459. The maximum Gasteiger partial charge on any atom is 0.191 e. The fraction of sp³-hybridized carbons (Fsp3) is 0.588. The Morgan fingerprint density at radius 2 is 2.14 bits per heavy atom. The fourth-order valence-electron chi connectivity index (χ4n) is 2.65. The number of aliphatic imine (C=N–C) groups is 1. The van der Waals surface area contributed by atoms with Crippen LogP contribution in [0.1, 0.15) is 25.0 Å². The molecule has 2 rings (SSSR count). The third-order valence-electron chi connectivity index (χ3n) is 3.77. The van der Waals surface area contributed by atoms with Crippen molar-refractivity contribution in [2.24, 2.45) is 10.9 Å². The summed E-state index contributed by atoms with van der Waals surface area (Å²) in [5.74, 6) is 1.28. The van der Waals surface area contributed by atoms with E-state index in [1.165, 1.54) is 5.56 Å². The maximum absolute atomic E-state index is 5.91. The zero-order valence-electron chi connectivity index (χ0n) is 13.5. The smallest absolute Gasteiger partial charge is 0.191 e. The number of guanidine groups is 1. The summed E-state index contributed by atoms with van der Waals surface area (Å²) >= 11 is 0. The number of methoxy groups -OCH3 is 1. The van der Waals surface area contributed by atoms with Crippen LogP contribution in [0.15, 0.2) is 35.3 Å². The molecule has 0 aliphatic carbocycles. The summed E-state index contributed by atoms with van der Waals surface area (Å²) in [6.45, 7) is 5.92. The number of hydrogen-bond donors (Lipinski definition) is 2. The lowest BCUT2D eigenvalue weighted by Crippen LogP contribution is -2.39. The van der Waals surface area contributed by atoms with E-state index in [1.807, 2.05) is 6.07 Å². The van der Waals surface area contributed by atoms with Crippen LogP contribution >= 0.6 is 0 Å². The minimum absolute atomic E-state index is 0.159. The normalized spacial score (nSPS) is 21.8. The Hall–Kier alpha value is -1.59. The molecule has 22 heavy (non-hydrogen) atoms. The summed E-state index contributed by atoms with van der Waals surface area (Å²) in [5, 5.41) is 6.54. The monoisotopic (exact) mass is 305 g/mol. The third-order valence-corrected chi connectivity index (χ3v) is 3.77. The van der Waals surface area contributed by atoms with Gasteiger partial charge in [-0.3, -0.25) is 4.99 Å². The molecular formula is C17H27N3O2. The second kappa shape index (κ2) is 9.43. The average molecular weight is 305 g/mol. The molecule has 0 radical (unpaired) electrons. The van der Waals surface area contributed by atoms with Gasteiger partial charge in [-0.25, -0.2) is 0 Å². The largest absolute Gasteiger partial charge is 0.383 e. The van der Waals surface area contributed by atoms with Gasteiger partial charge in [0, 0.05) is 39.3 Å². The van der Waals surface area contributed by atoms with Crippen LogP contribution < -0.4 is 10.6 Å². The minimum atomic E-state index is 0.159. The van der Waals surface area contributed by atoms with Crippen LogP contribution in [0.2, 0.25) is 0 Å². The number of hydrogen-bond acceptors (Lipinski definition) is 3. The van der Waals surface area contributed by atoms with Gasteiger partial charge in [0.1, 0.15) is 0 Å². The van der Waals surface area contributed by atoms with Crippen LogP contribution in [-0.2, 0) is 9.47 Å². The van der Waals surface area contributed by atoms with Crippen LogP contribution in [0.3, 0.4) is 0 Å². The van der Waals surface area contributed by atoms with Gasteiger partial charge in [-0.2, -0.15) is 0 Å². The molecule has 1 aromatic rings. The van der Waals surface area contributed by atoms with Crippen molar-refractivity contribution in [1.29, 1.82) is 0 Å². The Morgan fingerprint density at radius 3 is 2.86 bits per heavy atom. The number of ether oxygens (including phenoxy) is 2. The second-order valence-corrected chi connectivity index (χ2v) is 5.39. The fourth-order valence-corrected chi connectivity index (χ4v) is 2.65. The molecule has 2 atom stereocenters. The molecule has 0 aromatic heterocycles. The highest BCUT2D eigenvalue weighted by Crippen LogP contribution is 2.34. The van der Waals surface area contributed by atoms with Crippen molar-refractivity contribution in [2.45, 2.75) is 19.4 Å². The van der Waals surface area contributed by atoms with Gasteiger partial charge in [0.15, 0.2) is 5.96 Å².